The number of H-pyrrole nitrogens is 1. The fourth-order valence-electron chi connectivity index (χ4n) is 4.42. The van der Waals surface area contributed by atoms with Gasteiger partial charge in [0.05, 0.1) is 11.4 Å². The molecule has 3 heterocycles. The summed E-state index contributed by atoms with van der Waals surface area (Å²) in [5.74, 6) is 0.711. The Labute approximate surface area is 158 Å². The number of sulfonamides is 1. The summed E-state index contributed by atoms with van der Waals surface area (Å²) in [5, 5.41) is 6.83. The number of hydrogen-bond acceptors (Lipinski definition) is 5. The van der Waals surface area contributed by atoms with Crippen molar-refractivity contribution in [2.45, 2.75) is 62.6 Å². The van der Waals surface area contributed by atoms with Crippen LogP contribution in [0.2, 0.25) is 0 Å². The molecule has 2 aliphatic rings. The number of aromatic amines is 1. The van der Waals surface area contributed by atoms with Crippen molar-refractivity contribution in [2.24, 2.45) is 0 Å². The van der Waals surface area contributed by atoms with Crippen LogP contribution in [0.3, 0.4) is 0 Å². The third-order valence-corrected chi connectivity index (χ3v) is 7.81. The number of rotatable bonds is 5. The van der Waals surface area contributed by atoms with E-state index in [1.807, 2.05) is 0 Å². The maximum absolute atomic E-state index is 13.3. The van der Waals surface area contributed by atoms with E-state index in [9.17, 15) is 13.2 Å². The van der Waals surface area contributed by atoms with E-state index in [-0.39, 0.29) is 18.2 Å². The van der Waals surface area contributed by atoms with Crippen molar-refractivity contribution in [3.8, 4) is 5.75 Å². The van der Waals surface area contributed by atoms with Crippen molar-refractivity contribution in [1.82, 2.24) is 14.5 Å². The fraction of sp³-hybridized carbons (Fsp3) is 0.474. The number of carbonyl (C=O) groups is 1. The number of piperidine rings is 1. The first-order valence-corrected chi connectivity index (χ1v) is 10.6. The first kappa shape index (κ1) is 18.2. The van der Waals surface area contributed by atoms with Crippen LogP contribution < -0.4 is 4.74 Å². The summed E-state index contributed by atoms with van der Waals surface area (Å²) in [6.07, 6.45) is 3.81. The van der Waals surface area contributed by atoms with Crippen molar-refractivity contribution in [1.29, 1.82) is 0 Å². The Morgan fingerprint density at radius 1 is 1.15 bits per heavy atom. The van der Waals surface area contributed by atoms with Gasteiger partial charge in [0.1, 0.15) is 23.0 Å². The molecule has 0 amide bonds. The van der Waals surface area contributed by atoms with Gasteiger partial charge in [0.25, 0.3) is 0 Å². The molecule has 2 aliphatic heterocycles. The maximum Gasteiger partial charge on any atom is 0.247 e. The summed E-state index contributed by atoms with van der Waals surface area (Å²) in [6.45, 7) is 3.46. The number of aryl methyl sites for hydroxylation is 2. The van der Waals surface area contributed by atoms with E-state index in [1.54, 1.807) is 42.4 Å². The van der Waals surface area contributed by atoms with Crippen LogP contribution >= 0.6 is 0 Å². The number of nitrogens with zero attached hydrogens (tertiary/aromatic N) is 2. The number of nitrogens with one attached hydrogen (secondary N) is 1. The summed E-state index contributed by atoms with van der Waals surface area (Å²) < 4.78 is 34.3. The molecule has 2 atom stereocenters. The predicted octanol–water partition coefficient (Wildman–Crippen LogP) is 2.60. The van der Waals surface area contributed by atoms with Gasteiger partial charge in [0.15, 0.2) is 0 Å². The highest BCUT2D eigenvalue weighted by atomic mass is 32.2. The minimum atomic E-state index is -3.58. The Morgan fingerprint density at radius 3 is 2.30 bits per heavy atom. The Morgan fingerprint density at radius 2 is 1.78 bits per heavy atom. The molecule has 4 rings (SSSR count). The topological polar surface area (TPSA) is 92.4 Å². The largest absolute Gasteiger partial charge is 0.490 e. The molecule has 2 bridgehead atoms. The zero-order chi connectivity index (χ0) is 19.2. The lowest BCUT2D eigenvalue weighted by molar-refractivity contribution is 0.0956. The number of aromatic nitrogens is 2. The third-order valence-electron chi connectivity index (χ3n) is 5.54. The molecule has 2 unspecified atom stereocenters. The highest BCUT2D eigenvalue weighted by Crippen LogP contribution is 2.41. The number of fused-ring (bicyclic) bond motifs is 2. The van der Waals surface area contributed by atoms with Crippen molar-refractivity contribution in [3.63, 3.8) is 0 Å². The summed E-state index contributed by atoms with van der Waals surface area (Å²) >= 11 is 0. The molecule has 0 spiro atoms. The van der Waals surface area contributed by atoms with Crippen molar-refractivity contribution in [2.75, 3.05) is 0 Å². The average molecular weight is 389 g/mol. The Balaban J connectivity index is 1.53. The lowest BCUT2D eigenvalue weighted by Crippen LogP contribution is -2.49. The van der Waals surface area contributed by atoms with Gasteiger partial charge >= 0.3 is 0 Å². The Bertz CT molecular complexity index is 918. The number of ether oxygens (including phenoxy) is 1. The molecule has 0 saturated carbocycles. The zero-order valence-corrected chi connectivity index (χ0v) is 16.2. The second kappa shape index (κ2) is 6.76. The molecule has 1 N–H and O–H groups in total. The van der Waals surface area contributed by atoms with E-state index in [1.165, 1.54) is 0 Å². The van der Waals surface area contributed by atoms with Crippen LogP contribution in [0.5, 0.6) is 5.75 Å². The van der Waals surface area contributed by atoms with E-state index in [4.69, 9.17) is 4.74 Å². The first-order chi connectivity index (χ1) is 12.9. The molecule has 2 saturated heterocycles. The molecule has 1 aromatic carbocycles. The van der Waals surface area contributed by atoms with Gasteiger partial charge in [-0.3, -0.25) is 9.89 Å². The van der Waals surface area contributed by atoms with Gasteiger partial charge in [-0.15, -0.1) is 0 Å². The van der Waals surface area contributed by atoms with E-state index in [2.05, 4.69) is 10.2 Å². The molecule has 27 heavy (non-hydrogen) atoms. The lowest BCUT2D eigenvalue weighted by Gasteiger charge is -2.37. The average Bonchev–Trinajstić information content (AvgIpc) is 3.13. The van der Waals surface area contributed by atoms with Crippen molar-refractivity contribution >= 4 is 16.3 Å². The van der Waals surface area contributed by atoms with E-state index < -0.39 is 10.0 Å². The summed E-state index contributed by atoms with van der Waals surface area (Å²) in [7, 11) is -3.58. The molecular weight excluding hydrogens is 366 g/mol. The first-order valence-electron chi connectivity index (χ1n) is 9.17. The van der Waals surface area contributed by atoms with Gasteiger partial charge in [-0.2, -0.15) is 9.40 Å². The molecule has 7 nitrogen and oxygen atoms in total. The van der Waals surface area contributed by atoms with Crippen LogP contribution in [-0.4, -0.2) is 47.4 Å². The Hall–Kier alpha value is -2.19. The highest BCUT2D eigenvalue weighted by Gasteiger charge is 2.48. The van der Waals surface area contributed by atoms with Crippen LogP contribution in [-0.2, 0) is 10.0 Å². The summed E-state index contributed by atoms with van der Waals surface area (Å²) in [5.41, 5.74) is 1.70. The van der Waals surface area contributed by atoms with Crippen LogP contribution in [0.1, 0.15) is 47.4 Å². The van der Waals surface area contributed by atoms with Gasteiger partial charge in [-0.25, -0.2) is 8.42 Å². The SMILES string of the molecule is Cc1n[nH]c(C)c1S(=O)(=O)N1C2CCC1CC(Oc1ccc(C=O)cc1)C2. The van der Waals surface area contributed by atoms with Gasteiger partial charge in [0, 0.05) is 30.5 Å². The summed E-state index contributed by atoms with van der Waals surface area (Å²) in [6, 6.07) is 6.91. The van der Waals surface area contributed by atoms with E-state index >= 15 is 0 Å². The van der Waals surface area contributed by atoms with Gasteiger partial charge < -0.3 is 4.74 Å². The smallest absolute Gasteiger partial charge is 0.247 e. The number of carbonyl (C=O) groups excluding carboxylic acids is 1. The minimum Gasteiger partial charge on any atom is -0.490 e. The van der Waals surface area contributed by atoms with Gasteiger partial charge in [-0.1, -0.05) is 0 Å². The highest BCUT2D eigenvalue weighted by molar-refractivity contribution is 7.89. The maximum atomic E-state index is 13.3. The van der Waals surface area contributed by atoms with E-state index in [0.717, 1.165) is 19.1 Å². The second-order valence-corrected chi connectivity index (χ2v) is 9.16. The van der Waals surface area contributed by atoms with E-state index in [0.29, 0.717) is 40.4 Å². The molecule has 2 aromatic rings. The molecular formula is C19H23N3O4S. The molecule has 1 aromatic heterocycles. The lowest BCUT2D eigenvalue weighted by atomic mass is 10.0. The monoisotopic (exact) mass is 389 g/mol. The quantitative estimate of drug-likeness (QED) is 0.794. The molecule has 8 heteroatoms. The van der Waals surface area contributed by atoms with Crippen LogP contribution in [0, 0.1) is 13.8 Å². The Kier molecular flexibility index (Phi) is 4.55. The number of aldehydes is 1. The van der Waals surface area contributed by atoms with Gasteiger partial charge in [-0.05, 0) is 51.0 Å². The third kappa shape index (κ3) is 3.17. The van der Waals surface area contributed by atoms with Crippen LogP contribution in [0.25, 0.3) is 0 Å². The van der Waals surface area contributed by atoms with Crippen molar-refractivity contribution in [3.05, 3.63) is 41.2 Å². The fourth-order valence-corrected chi connectivity index (χ4v) is 6.65. The number of hydrogen-bond donors (Lipinski definition) is 1. The molecule has 144 valence electrons. The summed E-state index contributed by atoms with van der Waals surface area (Å²) in [4.78, 5) is 11.1. The van der Waals surface area contributed by atoms with Crippen LogP contribution in [0.15, 0.2) is 29.2 Å². The van der Waals surface area contributed by atoms with Crippen molar-refractivity contribution < 1.29 is 17.9 Å². The van der Waals surface area contributed by atoms with Gasteiger partial charge in [0.2, 0.25) is 10.0 Å². The zero-order valence-electron chi connectivity index (χ0n) is 15.4. The second-order valence-electron chi connectivity index (χ2n) is 7.38. The normalized spacial score (nSPS) is 25.5. The predicted molar refractivity (Wildman–Crippen MR) is 99.4 cm³/mol. The molecule has 0 aliphatic carbocycles. The minimum absolute atomic E-state index is 0.0254. The standard InChI is InChI=1S/C19H23N3O4S/c1-12-19(13(2)21-20-12)27(24,25)22-15-5-6-16(22)10-18(9-15)26-17-7-3-14(11-23)4-8-17/h3-4,7-8,11,15-16,18H,5-6,9-10H2,1-2H3,(H,20,21). The molecule has 0 radical (unpaired) electrons. The van der Waals surface area contributed by atoms with Crippen LogP contribution in [0.4, 0.5) is 0 Å². The molecule has 2 fully saturated rings. The number of benzene rings is 1.